The summed E-state index contributed by atoms with van der Waals surface area (Å²) in [5.41, 5.74) is 6.08. The lowest BCUT2D eigenvalue weighted by atomic mass is 9.76. The summed E-state index contributed by atoms with van der Waals surface area (Å²) < 4.78 is 5.63. The van der Waals surface area contributed by atoms with Crippen LogP contribution in [0, 0.1) is 5.41 Å². The first-order chi connectivity index (χ1) is 6.85. The van der Waals surface area contributed by atoms with Gasteiger partial charge in [-0.05, 0) is 32.2 Å². The molecule has 0 aromatic rings. The third-order valence-corrected chi connectivity index (χ3v) is 3.59. The molecule has 1 spiro atoms. The summed E-state index contributed by atoms with van der Waals surface area (Å²) in [7, 11) is 0. The average Bonchev–Trinajstić information content (AvgIpc) is 2.19. The molecule has 2 aliphatic heterocycles. The second-order valence-electron chi connectivity index (χ2n) is 4.82. The molecule has 2 saturated heterocycles. The molecule has 2 fully saturated rings. The van der Waals surface area contributed by atoms with E-state index in [2.05, 4.69) is 4.90 Å². The van der Waals surface area contributed by atoms with Crippen LogP contribution < -0.4 is 5.73 Å². The molecule has 2 heterocycles. The molecule has 0 saturated carbocycles. The maximum atomic E-state index is 5.63. The Balaban J connectivity index is 0.00000112. The van der Waals surface area contributed by atoms with Gasteiger partial charge in [-0.2, -0.15) is 0 Å². The highest BCUT2D eigenvalue weighted by molar-refractivity contribution is 5.85. The molecular weight excluding hydrogens is 212 g/mol. The van der Waals surface area contributed by atoms with Crippen LogP contribution in [0.3, 0.4) is 0 Å². The summed E-state index contributed by atoms with van der Waals surface area (Å²) in [6.07, 6.45) is 5.28. The fourth-order valence-corrected chi connectivity index (χ4v) is 2.92. The van der Waals surface area contributed by atoms with Crippen LogP contribution in [-0.2, 0) is 4.74 Å². The number of hydrogen-bond donors (Lipinski definition) is 1. The first-order valence-electron chi connectivity index (χ1n) is 5.85. The fraction of sp³-hybridized carbons (Fsp3) is 1.00. The van der Waals surface area contributed by atoms with Crippen molar-refractivity contribution in [3.63, 3.8) is 0 Å². The minimum atomic E-state index is 0. The fourth-order valence-electron chi connectivity index (χ4n) is 2.92. The highest BCUT2D eigenvalue weighted by Gasteiger charge is 2.36. The van der Waals surface area contributed by atoms with E-state index in [4.69, 9.17) is 10.5 Å². The quantitative estimate of drug-likeness (QED) is 0.782. The number of ether oxygens (including phenoxy) is 1. The lowest BCUT2D eigenvalue weighted by Gasteiger charge is -2.44. The molecule has 3 nitrogen and oxygen atoms in total. The molecular formula is C11H23ClN2O. The van der Waals surface area contributed by atoms with Gasteiger partial charge < -0.3 is 15.4 Å². The van der Waals surface area contributed by atoms with E-state index in [-0.39, 0.29) is 12.4 Å². The second kappa shape index (κ2) is 6.04. The third-order valence-electron chi connectivity index (χ3n) is 3.59. The number of likely N-dealkylation sites (tertiary alicyclic amines) is 1. The van der Waals surface area contributed by atoms with E-state index in [9.17, 15) is 0 Å². The Labute approximate surface area is 98.7 Å². The highest BCUT2D eigenvalue weighted by atomic mass is 35.5. The van der Waals surface area contributed by atoms with Gasteiger partial charge in [-0.1, -0.05) is 0 Å². The third kappa shape index (κ3) is 3.31. The Hall–Kier alpha value is 0.170. The zero-order valence-corrected chi connectivity index (χ0v) is 10.2. The highest BCUT2D eigenvalue weighted by Crippen LogP contribution is 2.37. The minimum Gasteiger partial charge on any atom is -0.381 e. The topological polar surface area (TPSA) is 38.5 Å². The van der Waals surface area contributed by atoms with Crippen LogP contribution in [0.25, 0.3) is 0 Å². The summed E-state index contributed by atoms with van der Waals surface area (Å²) in [4.78, 5) is 2.51. The molecule has 0 aromatic heterocycles. The molecule has 2 rings (SSSR count). The predicted octanol–water partition coefficient (Wildman–Crippen LogP) is 1.26. The van der Waals surface area contributed by atoms with Crippen molar-refractivity contribution in [2.45, 2.75) is 25.7 Å². The first kappa shape index (κ1) is 13.2. The van der Waals surface area contributed by atoms with Crippen LogP contribution in [-0.4, -0.2) is 44.3 Å². The number of piperidine rings is 1. The van der Waals surface area contributed by atoms with Gasteiger partial charge in [-0.3, -0.25) is 0 Å². The molecule has 1 atom stereocenters. The Bertz CT molecular complexity index is 176. The van der Waals surface area contributed by atoms with E-state index < -0.39 is 0 Å². The van der Waals surface area contributed by atoms with Gasteiger partial charge >= 0.3 is 0 Å². The standard InChI is InChI=1S/C11H22N2O.ClH/c12-5-7-13-6-1-3-11(9-13)4-2-8-14-10-11;/h1-10,12H2;1H. The van der Waals surface area contributed by atoms with E-state index in [0.717, 1.165) is 26.3 Å². The van der Waals surface area contributed by atoms with Crippen LogP contribution in [0.4, 0.5) is 0 Å². The number of hydrogen-bond acceptors (Lipinski definition) is 3. The van der Waals surface area contributed by atoms with Gasteiger partial charge in [0.05, 0.1) is 6.61 Å². The minimum absolute atomic E-state index is 0. The second-order valence-corrected chi connectivity index (χ2v) is 4.82. The Morgan fingerprint density at radius 2 is 2.07 bits per heavy atom. The van der Waals surface area contributed by atoms with Crippen LogP contribution >= 0.6 is 12.4 Å². The zero-order valence-electron chi connectivity index (χ0n) is 9.41. The van der Waals surface area contributed by atoms with Crippen molar-refractivity contribution in [1.82, 2.24) is 4.90 Å². The zero-order chi connectivity index (χ0) is 9.86. The molecule has 2 N–H and O–H groups in total. The molecule has 0 radical (unpaired) electrons. The number of rotatable bonds is 2. The lowest BCUT2D eigenvalue weighted by molar-refractivity contribution is -0.0482. The molecule has 0 bridgehead atoms. The van der Waals surface area contributed by atoms with E-state index >= 15 is 0 Å². The maximum absolute atomic E-state index is 5.63. The van der Waals surface area contributed by atoms with Crippen molar-refractivity contribution in [2.24, 2.45) is 11.1 Å². The number of nitrogens with zero attached hydrogens (tertiary/aromatic N) is 1. The summed E-state index contributed by atoms with van der Waals surface area (Å²) in [6.45, 7) is 6.24. The van der Waals surface area contributed by atoms with Gasteiger partial charge in [0, 0.05) is 31.7 Å². The molecule has 0 aromatic carbocycles. The number of halogens is 1. The van der Waals surface area contributed by atoms with Gasteiger partial charge in [0.2, 0.25) is 0 Å². The van der Waals surface area contributed by atoms with Gasteiger partial charge in [0.1, 0.15) is 0 Å². The average molecular weight is 235 g/mol. The number of nitrogens with two attached hydrogens (primary N) is 1. The summed E-state index contributed by atoms with van der Waals surface area (Å²) >= 11 is 0. The Morgan fingerprint density at radius 3 is 2.73 bits per heavy atom. The van der Waals surface area contributed by atoms with Crippen molar-refractivity contribution in [2.75, 3.05) is 39.4 Å². The normalized spacial score (nSPS) is 32.6. The van der Waals surface area contributed by atoms with Crippen LogP contribution in [0.15, 0.2) is 0 Å². The summed E-state index contributed by atoms with van der Waals surface area (Å²) in [5.74, 6) is 0. The van der Waals surface area contributed by atoms with E-state index in [1.165, 1.54) is 38.8 Å². The van der Waals surface area contributed by atoms with Gasteiger partial charge in [0.15, 0.2) is 0 Å². The largest absolute Gasteiger partial charge is 0.381 e. The van der Waals surface area contributed by atoms with Crippen LogP contribution in [0.5, 0.6) is 0 Å². The molecule has 15 heavy (non-hydrogen) atoms. The van der Waals surface area contributed by atoms with Crippen molar-refractivity contribution >= 4 is 12.4 Å². The van der Waals surface area contributed by atoms with Gasteiger partial charge in [-0.15, -0.1) is 12.4 Å². The van der Waals surface area contributed by atoms with Gasteiger partial charge in [-0.25, -0.2) is 0 Å². The Morgan fingerprint density at radius 1 is 1.27 bits per heavy atom. The molecule has 0 amide bonds. The monoisotopic (exact) mass is 234 g/mol. The Kier molecular flexibility index (Phi) is 5.33. The molecule has 90 valence electrons. The van der Waals surface area contributed by atoms with Crippen molar-refractivity contribution in [3.8, 4) is 0 Å². The maximum Gasteiger partial charge on any atom is 0.0534 e. The van der Waals surface area contributed by atoms with E-state index in [0.29, 0.717) is 5.41 Å². The van der Waals surface area contributed by atoms with Crippen molar-refractivity contribution in [3.05, 3.63) is 0 Å². The van der Waals surface area contributed by atoms with Crippen LogP contribution in [0.2, 0.25) is 0 Å². The predicted molar refractivity (Wildman–Crippen MR) is 64.5 cm³/mol. The van der Waals surface area contributed by atoms with Crippen molar-refractivity contribution in [1.29, 1.82) is 0 Å². The molecule has 2 aliphatic rings. The van der Waals surface area contributed by atoms with Crippen molar-refractivity contribution < 1.29 is 4.74 Å². The SMILES string of the molecule is Cl.NCCN1CCCC2(CCCOC2)C1. The lowest BCUT2D eigenvalue weighted by Crippen LogP contribution is -2.48. The molecule has 4 heteroatoms. The first-order valence-corrected chi connectivity index (χ1v) is 5.85. The van der Waals surface area contributed by atoms with E-state index in [1.54, 1.807) is 0 Å². The van der Waals surface area contributed by atoms with Gasteiger partial charge in [0.25, 0.3) is 0 Å². The summed E-state index contributed by atoms with van der Waals surface area (Å²) in [5, 5.41) is 0. The summed E-state index contributed by atoms with van der Waals surface area (Å²) in [6, 6.07) is 0. The molecule has 1 unspecified atom stereocenters. The van der Waals surface area contributed by atoms with E-state index in [1.807, 2.05) is 0 Å². The molecule has 0 aliphatic carbocycles. The van der Waals surface area contributed by atoms with Crippen LogP contribution in [0.1, 0.15) is 25.7 Å². The smallest absolute Gasteiger partial charge is 0.0534 e.